The van der Waals surface area contributed by atoms with Crippen molar-refractivity contribution in [2.24, 2.45) is 5.41 Å². The van der Waals surface area contributed by atoms with Gasteiger partial charge in [0.2, 0.25) is 0 Å². The predicted molar refractivity (Wildman–Crippen MR) is 58.4 cm³/mol. The number of nitrogens with one attached hydrogen (secondary N) is 1. The second-order valence-electron chi connectivity index (χ2n) is 5.06. The van der Waals surface area contributed by atoms with E-state index >= 15 is 0 Å². The maximum atomic E-state index is 12.4. The number of alkyl halides is 3. The van der Waals surface area contributed by atoms with Crippen LogP contribution in [-0.4, -0.2) is 43.8 Å². The third-order valence-electron chi connectivity index (χ3n) is 3.01. The summed E-state index contributed by atoms with van der Waals surface area (Å²) in [5.74, 6) is 0. The molecule has 96 valence electrons. The molecule has 1 atom stereocenters. The quantitative estimate of drug-likeness (QED) is 0.790. The van der Waals surface area contributed by atoms with Crippen LogP contribution in [0, 0.1) is 5.41 Å². The standard InChI is InChI=1S/C11H21F3N2/c1-3-6-16(9-11(12,13)14)8-10(2)4-5-15-7-10/h15H,3-9H2,1-2H3. The molecule has 1 heterocycles. The zero-order valence-corrected chi connectivity index (χ0v) is 10.0. The van der Waals surface area contributed by atoms with E-state index in [1.165, 1.54) is 4.90 Å². The van der Waals surface area contributed by atoms with Gasteiger partial charge in [-0.2, -0.15) is 13.2 Å². The van der Waals surface area contributed by atoms with E-state index in [0.29, 0.717) is 13.1 Å². The van der Waals surface area contributed by atoms with E-state index < -0.39 is 12.7 Å². The van der Waals surface area contributed by atoms with Gasteiger partial charge in [0.15, 0.2) is 0 Å². The van der Waals surface area contributed by atoms with Gasteiger partial charge in [-0.3, -0.25) is 4.90 Å². The Labute approximate surface area is 95.2 Å². The van der Waals surface area contributed by atoms with Crippen LogP contribution in [0.2, 0.25) is 0 Å². The molecular formula is C11H21F3N2. The fraction of sp³-hybridized carbons (Fsp3) is 1.00. The molecule has 0 saturated carbocycles. The monoisotopic (exact) mass is 238 g/mol. The van der Waals surface area contributed by atoms with E-state index in [9.17, 15) is 13.2 Å². The topological polar surface area (TPSA) is 15.3 Å². The molecular weight excluding hydrogens is 217 g/mol. The smallest absolute Gasteiger partial charge is 0.316 e. The maximum Gasteiger partial charge on any atom is 0.401 e. The molecule has 1 aliphatic rings. The average Bonchev–Trinajstić information content (AvgIpc) is 2.49. The third kappa shape index (κ3) is 4.70. The predicted octanol–water partition coefficient (Wildman–Crippen LogP) is 2.26. The van der Waals surface area contributed by atoms with Crippen LogP contribution in [0.4, 0.5) is 13.2 Å². The summed E-state index contributed by atoms with van der Waals surface area (Å²) < 4.78 is 37.1. The first-order valence-electron chi connectivity index (χ1n) is 5.84. The lowest BCUT2D eigenvalue weighted by Crippen LogP contribution is -2.42. The maximum absolute atomic E-state index is 12.4. The highest BCUT2D eigenvalue weighted by Gasteiger charge is 2.35. The average molecular weight is 238 g/mol. The molecule has 2 nitrogen and oxygen atoms in total. The first-order chi connectivity index (χ1) is 7.35. The van der Waals surface area contributed by atoms with Gasteiger partial charge in [0.1, 0.15) is 0 Å². The van der Waals surface area contributed by atoms with Gasteiger partial charge >= 0.3 is 6.18 Å². The second-order valence-corrected chi connectivity index (χ2v) is 5.06. The zero-order valence-electron chi connectivity index (χ0n) is 10.0. The van der Waals surface area contributed by atoms with Gasteiger partial charge in [0.05, 0.1) is 6.54 Å². The molecule has 1 fully saturated rings. The Morgan fingerprint density at radius 1 is 1.38 bits per heavy atom. The molecule has 1 unspecified atom stereocenters. The van der Waals surface area contributed by atoms with Crippen LogP contribution in [0.1, 0.15) is 26.7 Å². The lowest BCUT2D eigenvalue weighted by molar-refractivity contribution is -0.148. The molecule has 1 aliphatic heterocycles. The van der Waals surface area contributed by atoms with E-state index in [2.05, 4.69) is 12.2 Å². The van der Waals surface area contributed by atoms with Crippen molar-refractivity contribution in [3.05, 3.63) is 0 Å². The molecule has 0 amide bonds. The van der Waals surface area contributed by atoms with Crippen molar-refractivity contribution in [2.45, 2.75) is 32.9 Å². The van der Waals surface area contributed by atoms with Crippen LogP contribution in [-0.2, 0) is 0 Å². The molecule has 0 aromatic carbocycles. The summed E-state index contributed by atoms with van der Waals surface area (Å²) in [5, 5.41) is 3.22. The zero-order chi connectivity index (χ0) is 12.2. The van der Waals surface area contributed by atoms with Crippen LogP contribution in [0.15, 0.2) is 0 Å². The number of hydrogen-bond donors (Lipinski definition) is 1. The molecule has 0 bridgehead atoms. The summed E-state index contributed by atoms with van der Waals surface area (Å²) in [6.45, 7) is 6.00. The highest BCUT2D eigenvalue weighted by Crippen LogP contribution is 2.27. The van der Waals surface area contributed by atoms with Crippen molar-refractivity contribution in [1.82, 2.24) is 10.2 Å². The molecule has 0 radical (unpaired) electrons. The van der Waals surface area contributed by atoms with E-state index in [1.807, 2.05) is 6.92 Å². The molecule has 0 aromatic heterocycles. The fourth-order valence-corrected chi connectivity index (χ4v) is 2.33. The molecule has 1 N–H and O–H groups in total. The molecule has 1 saturated heterocycles. The highest BCUT2D eigenvalue weighted by atomic mass is 19.4. The Hall–Kier alpha value is -0.290. The van der Waals surface area contributed by atoms with Crippen LogP contribution in [0.3, 0.4) is 0 Å². The van der Waals surface area contributed by atoms with Crippen LogP contribution in [0.5, 0.6) is 0 Å². The Morgan fingerprint density at radius 3 is 2.50 bits per heavy atom. The summed E-state index contributed by atoms with van der Waals surface area (Å²) in [6.07, 6.45) is -2.36. The van der Waals surface area contributed by atoms with Crippen LogP contribution < -0.4 is 5.32 Å². The lowest BCUT2D eigenvalue weighted by atomic mass is 9.89. The van der Waals surface area contributed by atoms with Gasteiger partial charge in [0.25, 0.3) is 0 Å². The summed E-state index contributed by atoms with van der Waals surface area (Å²) in [4.78, 5) is 1.53. The van der Waals surface area contributed by atoms with Crippen molar-refractivity contribution in [1.29, 1.82) is 0 Å². The van der Waals surface area contributed by atoms with E-state index in [-0.39, 0.29) is 5.41 Å². The van der Waals surface area contributed by atoms with E-state index in [1.54, 1.807) is 0 Å². The van der Waals surface area contributed by atoms with Gasteiger partial charge in [-0.25, -0.2) is 0 Å². The Morgan fingerprint density at radius 2 is 2.06 bits per heavy atom. The third-order valence-corrected chi connectivity index (χ3v) is 3.01. The Balaban J connectivity index is 2.50. The van der Waals surface area contributed by atoms with Gasteiger partial charge in [-0.05, 0) is 31.3 Å². The number of hydrogen-bond acceptors (Lipinski definition) is 2. The van der Waals surface area contributed by atoms with Gasteiger partial charge in [-0.15, -0.1) is 0 Å². The summed E-state index contributed by atoms with van der Waals surface area (Å²) in [6, 6.07) is 0. The summed E-state index contributed by atoms with van der Waals surface area (Å²) in [7, 11) is 0. The minimum Gasteiger partial charge on any atom is -0.316 e. The van der Waals surface area contributed by atoms with Gasteiger partial charge < -0.3 is 5.32 Å². The van der Waals surface area contributed by atoms with E-state index in [0.717, 1.165) is 25.9 Å². The normalized spacial score (nSPS) is 26.6. The number of rotatable bonds is 5. The minimum atomic E-state index is -4.09. The van der Waals surface area contributed by atoms with Crippen molar-refractivity contribution in [3.8, 4) is 0 Å². The Bertz CT molecular complexity index is 210. The molecule has 16 heavy (non-hydrogen) atoms. The summed E-state index contributed by atoms with van der Waals surface area (Å²) >= 11 is 0. The minimum absolute atomic E-state index is 0.000417. The molecule has 1 rings (SSSR count). The molecule has 0 aromatic rings. The fourth-order valence-electron chi connectivity index (χ4n) is 2.33. The SMILES string of the molecule is CCCN(CC(F)(F)F)CC1(C)CCNC1. The van der Waals surface area contributed by atoms with Crippen LogP contribution in [0.25, 0.3) is 0 Å². The van der Waals surface area contributed by atoms with Crippen molar-refractivity contribution in [2.75, 3.05) is 32.7 Å². The summed E-state index contributed by atoms with van der Waals surface area (Å²) in [5.41, 5.74) is 0.000417. The lowest BCUT2D eigenvalue weighted by Gasteiger charge is -2.32. The van der Waals surface area contributed by atoms with Crippen molar-refractivity contribution < 1.29 is 13.2 Å². The first-order valence-corrected chi connectivity index (χ1v) is 5.84. The molecule has 0 aliphatic carbocycles. The van der Waals surface area contributed by atoms with Gasteiger partial charge in [0, 0.05) is 13.1 Å². The van der Waals surface area contributed by atoms with Gasteiger partial charge in [-0.1, -0.05) is 13.8 Å². The highest BCUT2D eigenvalue weighted by molar-refractivity contribution is 4.87. The van der Waals surface area contributed by atoms with Crippen LogP contribution >= 0.6 is 0 Å². The van der Waals surface area contributed by atoms with Crippen molar-refractivity contribution >= 4 is 0 Å². The second kappa shape index (κ2) is 5.36. The van der Waals surface area contributed by atoms with Crippen molar-refractivity contribution in [3.63, 3.8) is 0 Å². The molecule has 5 heteroatoms. The Kier molecular flexibility index (Phi) is 4.62. The first kappa shape index (κ1) is 13.8. The molecule has 0 spiro atoms. The largest absolute Gasteiger partial charge is 0.401 e. The van der Waals surface area contributed by atoms with E-state index in [4.69, 9.17) is 0 Å². The number of nitrogens with zero attached hydrogens (tertiary/aromatic N) is 1. The number of halogens is 3.